The predicted molar refractivity (Wildman–Crippen MR) is 192 cm³/mol. The molecule has 254 valence electrons. The molecule has 1 aliphatic carbocycles. The molecule has 2 aliphatic heterocycles. The van der Waals surface area contributed by atoms with E-state index in [9.17, 15) is 4.79 Å². The molecule has 4 rings (SSSR count). The zero-order valence-electron chi connectivity index (χ0n) is 30.6. The van der Waals surface area contributed by atoms with Gasteiger partial charge in [-0.15, -0.1) is 0 Å². The van der Waals surface area contributed by atoms with Crippen molar-refractivity contribution in [1.82, 2.24) is 0 Å². The van der Waals surface area contributed by atoms with E-state index in [4.69, 9.17) is 22.8 Å². The van der Waals surface area contributed by atoms with Gasteiger partial charge in [0.05, 0.1) is 31.5 Å². The Kier molecular flexibility index (Phi) is 10.9. The van der Waals surface area contributed by atoms with Crippen molar-refractivity contribution >= 4 is 36.4 Å². The normalized spacial score (nSPS) is 29.8. The van der Waals surface area contributed by atoms with Crippen molar-refractivity contribution in [2.45, 2.75) is 129 Å². The highest BCUT2D eigenvalue weighted by molar-refractivity contribution is 6.70. The summed E-state index contributed by atoms with van der Waals surface area (Å²) in [7, 11) is -1.63. The lowest BCUT2D eigenvalue weighted by Gasteiger charge is -2.52. The summed E-state index contributed by atoms with van der Waals surface area (Å²) in [5.41, 5.74) is 4.35. The fraction of sp³-hybridized carbons (Fsp3) is 0.743. The average Bonchev–Trinajstić information content (AvgIpc) is 3.56. The minimum atomic E-state index is -2.07. The number of carbonyl (C=O) groups is 1. The first-order valence-electron chi connectivity index (χ1n) is 16.9. The number of hydrogen-bond donors (Lipinski definition) is 0. The number of rotatable bonds is 13. The summed E-state index contributed by atoms with van der Waals surface area (Å²) in [5.74, 6) is 0.597. The summed E-state index contributed by atoms with van der Waals surface area (Å²) in [5, 5.41) is 0. The van der Waals surface area contributed by atoms with Crippen LogP contribution in [-0.2, 0) is 29.2 Å². The van der Waals surface area contributed by atoms with E-state index in [1.165, 1.54) is 0 Å². The number of ketones is 1. The van der Waals surface area contributed by atoms with Gasteiger partial charge in [0.1, 0.15) is 5.60 Å². The van der Waals surface area contributed by atoms with E-state index in [0.29, 0.717) is 32.0 Å². The molecule has 45 heavy (non-hydrogen) atoms. The molecular weight excluding hydrogens is 615 g/mol. The van der Waals surface area contributed by atoms with Crippen molar-refractivity contribution in [3.63, 3.8) is 0 Å². The third-order valence-electron chi connectivity index (χ3n) is 9.14. The molecule has 0 bridgehead atoms. The number of carbonyl (C=O) groups excluding carboxylic acids is 1. The van der Waals surface area contributed by atoms with Crippen LogP contribution in [0.15, 0.2) is 29.3 Å². The molecule has 2 heterocycles. The maximum Gasteiger partial charge on any atom is 0.189 e. The molecule has 3 aliphatic rings. The quantitative estimate of drug-likeness (QED) is 0.121. The van der Waals surface area contributed by atoms with Crippen molar-refractivity contribution < 1.29 is 27.5 Å². The predicted octanol–water partition coefficient (Wildman–Crippen LogP) is 7.69. The lowest BCUT2D eigenvalue weighted by atomic mass is 9.78. The fourth-order valence-electron chi connectivity index (χ4n) is 7.24. The van der Waals surface area contributed by atoms with Gasteiger partial charge in [-0.3, -0.25) is 4.79 Å². The Morgan fingerprint density at radius 1 is 1.02 bits per heavy atom. The molecule has 0 spiro atoms. The molecule has 7 atom stereocenters. The Morgan fingerprint density at radius 2 is 1.69 bits per heavy atom. The number of epoxide rings is 1. The van der Waals surface area contributed by atoms with Crippen molar-refractivity contribution in [3.8, 4) is 0 Å². The molecule has 2 saturated heterocycles. The van der Waals surface area contributed by atoms with Gasteiger partial charge in [0, 0.05) is 61.7 Å². The molecule has 1 aromatic carbocycles. The van der Waals surface area contributed by atoms with Crippen LogP contribution < -0.4 is 4.90 Å². The molecule has 0 N–H and O–H groups in total. The van der Waals surface area contributed by atoms with Gasteiger partial charge in [-0.2, -0.15) is 0 Å². The van der Waals surface area contributed by atoms with E-state index in [1.54, 1.807) is 0 Å². The SMILES string of the molecule is C/C(C[C@]1(O[Si](C)(C)C)COC[C@H](C[C@@H]2O[C@H]2[C@H](C)[C@H](C)O[Si](C)(C)C)[C@H]1O[Si](C)(C)C)=C1/Cc2cc(N(C)C)ccc2C1=O. The van der Waals surface area contributed by atoms with Crippen molar-refractivity contribution in [1.29, 1.82) is 0 Å². The average molecular weight is 676 g/mol. The molecule has 10 heteroatoms. The lowest BCUT2D eigenvalue weighted by Crippen LogP contribution is -2.63. The number of ether oxygens (including phenoxy) is 2. The van der Waals surface area contributed by atoms with Crippen LogP contribution >= 0.6 is 0 Å². The van der Waals surface area contributed by atoms with E-state index in [1.807, 2.05) is 26.2 Å². The third kappa shape index (κ3) is 9.28. The smallest absolute Gasteiger partial charge is 0.189 e. The highest BCUT2D eigenvalue weighted by atomic mass is 28.4. The fourth-order valence-corrected chi connectivity index (χ4v) is 11.2. The van der Waals surface area contributed by atoms with Gasteiger partial charge in [0.15, 0.2) is 30.7 Å². The van der Waals surface area contributed by atoms with Gasteiger partial charge in [-0.1, -0.05) is 12.5 Å². The molecule has 1 aromatic rings. The number of nitrogens with zero attached hydrogens (tertiary/aromatic N) is 1. The maximum atomic E-state index is 13.7. The maximum absolute atomic E-state index is 13.7. The van der Waals surface area contributed by atoms with E-state index in [0.717, 1.165) is 34.4 Å². The Hall–Kier alpha value is -1.12. The Balaban J connectivity index is 1.63. The number of anilines is 1. The molecule has 0 amide bonds. The van der Waals surface area contributed by atoms with Crippen LogP contribution in [0.25, 0.3) is 0 Å². The summed E-state index contributed by atoms with van der Waals surface area (Å²) < 4.78 is 33.6. The number of Topliss-reactive ketones (excluding diaryl/α,β-unsaturated/α-hetero) is 1. The first-order valence-corrected chi connectivity index (χ1v) is 27.1. The number of fused-ring (bicyclic) bond motifs is 1. The Bertz CT molecular complexity index is 1260. The topological polar surface area (TPSA) is 69.8 Å². The Labute approximate surface area is 276 Å². The van der Waals surface area contributed by atoms with Gasteiger partial charge >= 0.3 is 0 Å². The van der Waals surface area contributed by atoms with Crippen LogP contribution in [-0.4, -0.2) is 88.1 Å². The van der Waals surface area contributed by atoms with Crippen LogP contribution in [0.3, 0.4) is 0 Å². The van der Waals surface area contributed by atoms with Crippen LogP contribution in [0.4, 0.5) is 5.69 Å². The third-order valence-corrected chi connectivity index (χ3v) is 12.2. The van der Waals surface area contributed by atoms with Crippen LogP contribution in [0.1, 0.15) is 49.5 Å². The molecule has 0 saturated carbocycles. The highest BCUT2D eigenvalue weighted by Crippen LogP contribution is 2.45. The monoisotopic (exact) mass is 675 g/mol. The van der Waals surface area contributed by atoms with Crippen LogP contribution in [0.5, 0.6) is 0 Å². The zero-order chi connectivity index (χ0) is 33.7. The van der Waals surface area contributed by atoms with Gasteiger partial charge < -0.3 is 27.7 Å². The largest absolute Gasteiger partial charge is 0.415 e. The van der Waals surface area contributed by atoms with Gasteiger partial charge in [-0.05, 0) is 103 Å². The number of benzene rings is 1. The van der Waals surface area contributed by atoms with Crippen molar-refractivity contribution in [2.75, 3.05) is 32.2 Å². The second-order valence-corrected chi connectivity index (χ2v) is 30.4. The summed E-state index contributed by atoms with van der Waals surface area (Å²) >= 11 is 0. The molecule has 0 radical (unpaired) electrons. The lowest BCUT2D eigenvalue weighted by molar-refractivity contribution is -0.171. The van der Waals surface area contributed by atoms with Crippen LogP contribution in [0.2, 0.25) is 58.9 Å². The van der Waals surface area contributed by atoms with Crippen molar-refractivity contribution in [2.24, 2.45) is 11.8 Å². The number of hydrogen-bond acceptors (Lipinski definition) is 7. The second-order valence-electron chi connectivity index (χ2n) is 17.1. The summed E-state index contributed by atoms with van der Waals surface area (Å²) in [4.78, 5) is 15.8. The zero-order valence-corrected chi connectivity index (χ0v) is 33.6. The van der Waals surface area contributed by atoms with E-state index >= 15 is 0 Å². The minimum Gasteiger partial charge on any atom is -0.415 e. The Morgan fingerprint density at radius 3 is 2.27 bits per heavy atom. The first kappa shape index (κ1) is 36.7. The van der Waals surface area contributed by atoms with E-state index in [2.05, 4.69) is 90.7 Å². The van der Waals surface area contributed by atoms with Gasteiger partial charge in [-0.25, -0.2) is 0 Å². The van der Waals surface area contributed by atoms with E-state index in [-0.39, 0.29) is 36.1 Å². The molecule has 0 unspecified atom stereocenters. The van der Waals surface area contributed by atoms with Gasteiger partial charge in [0.25, 0.3) is 0 Å². The van der Waals surface area contributed by atoms with Gasteiger partial charge in [0.2, 0.25) is 0 Å². The molecular formula is C35H61NO6Si3. The second kappa shape index (κ2) is 13.4. The number of allylic oxidation sites excluding steroid dienone is 1. The summed E-state index contributed by atoms with van der Waals surface area (Å²) in [6, 6.07) is 6.18. The van der Waals surface area contributed by atoms with Crippen molar-refractivity contribution in [3.05, 3.63) is 40.5 Å². The molecule has 7 nitrogen and oxygen atoms in total. The standard InChI is InChI=1S/C35H61NO6Si3/c1-23(30-18-26-17-28(36(4)5)15-16-29(26)32(30)37)20-35(42-45(12,13)14)22-38-21-27(34(35)41-44(9,10)11)19-31-33(39-31)24(2)25(3)40-43(6,7)8/h15-17,24-25,27,31,33-34H,18-22H2,1-14H3/b30-23+/t24-,25+,27+,31+,33+,34-,35+/m1/s1. The van der Waals surface area contributed by atoms with Crippen LogP contribution in [0, 0.1) is 11.8 Å². The molecule has 2 fully saturated rings. The van der Waals surface area contributed by atoms with E-state index < -0.39 is 30.6 Å². The summed E-state index contributed by atoms with van der Waals surface area (Å²) in [6.07, 6.45) is 2.50. The minimum absolute atomic E-state index is 0.133. The first-order chi connectivity index (χ1) is 20.6. The molecule has 0 aromatic heterocycles. The highest BCUT2D eigenvalue weighted by Gasteiger charge is 2.55. The summed E-state index contributed by atoms with van der Waals surface area (Å²) in [6.45, 7) is 27.9.